The highest BCUT2D eigenvalue weighted by Gasteiger charge is 2.11. The predicted octanol–water partition coefficient (Wildman–Crippen LogP) is 4.76. The summed E-state index contributed by atoms with van der Waals surface area (Å²) in [5, 5.41) is 4.89. The molecule has 0 saturated carbocycles. The number of fused-ring (bicyclic) bond motifs is 1. The fourth-order valence-corrected chi connectivity index (χ4v) is 3.92. The molecule has 0 unspecified atom stereocenters. The van der Waals surface area contributed by atoms with Gasteiger partial charge in [-0.2, -0.15) is 0 Å². The lowest BCUT2D eigenvalue weighted by atomic mass is 10.1. The second-order valence-corrected chi connectivity index (χ2v) is 6.51. The zero-order valence-corrected chi connectivity index (χ0v) is 11.9. The van der Waals surface area contributed by atoms with Crippen molar-refractivity contribution in [2.24, 2.45) is 0 Å². The van der Waals surface area contributed by atoms with E-state index in [4.69, 9.17) is 0 Å². The first-order valence-electron chi connectivity index (χ1n) is 6.04. The molecule has 1 nitrogen and oxygen atoms in total. The lowest BCUT2D eigenvalue weighted by Crippen LogP contribution is -2.06. The molecule has 1 aliphatic heterocycles. The van der Waals surface area contributed by atoms with Crippen LogP contribution in [-0.2, 0) is 0 Å². The molecule has 0 spiro atoms. The Kier molecular flexibility index (Phi) is 3.52. The molecule has 1 heterocycles. The summed E-state index contributed by atoms with van der Waals surface area (Å²) in [5.74, 6) is 1.22. The van der Waals surface area contributed by atoms with Gasteiger partial charge in [0.25, 0.3) is 0 Å². The molecule has 0 aliphatic carbocycles. The van der Waals surface area contributed by atoms with Crippen LogP contribution in [0.1, 0.15) is 6.42 Å². The van der Waals surface area contributed by atoms with Gasteiger partial charge >= 0.3 is 0 Å². The number of nitrogens with zero attached hydrogens (tertiary/aromatic N) is 1. The van der Waals surface area contributed by atoms with Gasteiger partial charge in [-0.05, 0) is 46.7 Å². The maximum atomic E-state index is 2.28. The third-order valence-corrected chi connectivity index (χ3v) is 4.91. The molecular formula is C15H15NS2. The summed E-state index contributed by atoms with van der Waals surface area (Å²) in [4.78, 5) is 1.30. The number of hydrogen-bond donors (Lipinski definition) is 0. The van der Waals surface area contributed by atoms with E-state index in [-0.39, 0.29) is 0 Å². The maximum absolute atomic E-state index is 2.28. The van der Waals surface area contributed by atoms with Crippen molar-refractivity contribution in [1.82, 2.24) is 4.31 Å². The van der Waals surface area contributed by atoms with Gasteiger partial charge in [0.05, 0.1) is 0 Å². The summed E-state index contributed by atoms with van der Waals surface area (Å²) in [6, 6.07) is 15.2. The molecule has 2 aromatic carbocycles. The summed E-state index contributed by atoms with van der Waals surface area (Å²) in [6.07, 6.45) is 1.18. The van der Waals surface area contributed by atoms with E-state index in [9.17, 15) is 0 Å². The van der Waals surface area contributed by atoms with E-state index in [1.54, 1.807) is 0 Å². The largest absolute Gasteiger partial charge is 0.319 e. The fraction of sp³-hybridized carbons (Fsp3) is 0.200. The van der Waals surface area contributed by atoms with Crippen molar-refractivity contribution in [1.29, 1.82) is 0 Å². The van der Waals surface area contributed by atoms with Crippen LogP contribution in [0, 0.1) is 0 Å². The molecule has 0 saturated heterocycles. The minimum atomic E-state index is 1.18. The van der Waals surface area contributed by atoms with Crippen LogP contribution in [0.2, 0.25) is 0 Å². The quantitative estimate of drug-likeness (QED) is 0.742. The van der Waals surface area contributed by atoms with Crippen molar-refractivity contribution >= 4 is 34.5 Å². The van der Waals surface area contributed by atoms with Gasteiger partial charge in [-0.3, -0.25) is 0 Å². The third kappa shape index (κ3) is 2.52. The van der Waals surface area contributed by atoms with Crippen LogP contribution in [-0.4, -0.2) is 17.1 Å². The Hall–Kier alpha value is -1.06. The van der Waals surface area contributed by atoms with Gasteiger partial charge in [-0.1, -0.05) is 30.3 Å². The average molecular weight is 273 g/mol. The van der Waals surface area contributed by atoms with Crippen molar-refractivity contribution in [3.05, 3.63) is 53.6 Å². The van der Waals surface area contributed by atoms with Crippen LogP contribution in [0.25, 0.3) is 10.8 Å². The smallest absolute Gasteiger partial charge is 0.0312 e. The summed E-state index contributed by atoms with van der Waals surface area (Å²) >= 11 is 3.71. The van der Waals surface area contributed by atoms with Crippen LogP contribution in [0.5, 0.6) is 0 Å². The SMILES string of the molecule is CN(Sc1ccc2ccccc2c1)C1=CSCC1. The highest BCUT2D eigenvalue weighted by Crippen LogP contribution is 2.32. The summed E-state index contributed by atoms with van der Waals surface area (Å²) < 4.78 is 2.28. The second kappa shape index (κ2) is 5.29. The number of allylic oxidation sites excluding steroid dienone is 1. The van der Waals surface area contributed by atoms with Crippen molar-refractivity contribution < 1.29 is 0 Å². The molecule has 2 aromatic rings. The van der Waals surface area contributed by atoms with Gasteiger partial charge in [-0.15, -0.1) is 11.8 Å². The number of thioether (sulfide) groups is 1. The molecule has 3 rings (SSSR count). The molecule has 92 valence electrons. The van der Waals surface area contributed by atoms with Gasteiger partial charge in [0.2, 0.25) is 0 Å². The van der Waals surface area contributed by atoms with Gasteiger partial charge < -0.3 is 4.31 Å². The molecule has 18 heavy (non-hydrogen) atoms. The highest BCUT2D eigenvalue weighted by molar-refractivity contribution is 8.02. The van der Waals surface area contributed by atoms with Crippen molar-refractivity contribution in [2.45, 2.75) is 11.3 Å². The van der Waals surface area contributed by atoms with Crippen LogP contribution in [0.15, 0.2) is 58.5 Å². The van der Waals surface area contributed by atoms with Crippen molar-refractivity contribution in [3.63, 3.8) is 0 Å². The van der Waals surface area contributed by atoms with Crippen LogP contribution >= 0.6 is 23.7 Å². The summed E-state index contributed by atoms with van der Waals surface area (Å²) in [7, 11) is 2.15. The predicted molar refractivity (Wildman–Crippen MR) is 82.7 cm³/mol. The zero-order valence-electron chi connectivity index (χ0n) is 10.3. The fourth-order valence-electron chi connectivity index (χ4n) is 2.05. The minimum Gasteiger partial charge on any atom is -0.319 e. The van der Waals surface area contributed by atoms with E-state index < -0.39 is 0 Å². The molecule has 0 N–H and O–H groups in total. The Labute approximate surface area is 116 Å². The van der Waals surface area contributed by atoms with Crippen LogP contribution in [0.3, 0.4) is 0 Å². The zero-order chi connectivity index (χ0) is 12.4. The Morgan fingerprint density at radius 1 is 1.11 bits per heavy atom. The Morgan fingerprint density at radius 2 is 1.94 bits per heavy atom. The maximum Gasteiger partial charge on any atom is 0.0312 e. The highest BCUT2D eigenvalue weighted by atomic mass is 32.2. The van der Waals surface area contributed by atoms with Gasteiger partial charge in [0, 0.05) is 23.4 Å². The van der Waals surface area contributed by atoms with Crippen LogP contribution < -0.4 is 0 Å². The van der Waals surface area contributed by atoms with Gasteiger partial charge in [0.15, 0.2) is 0 Å². The lowest BCUT2D eigenvalue weighted by Gasteiger charge is -2.18. The van der Waals surface area contributed by atoms with E-state index in [1.165, 1.54) is 33.5 Å². The molecule has 0 atom stereocenters. The number of rotatable bonds is 3. The van der Waals surface area contributed by atoms with Gasteiger partial charge in [0.1, 0.15) is 0 Å². The van der Waals surface area contributed by atoms with Crippen LogP contribution in [0.4, 0.5) is 0 Å². The monoisotopic (exact) mass is 273 g/mol. The summed E-state index contributed by atoms with van der Waals surface area (Å²) in [6.45, 7) is 0. The van der Waals surface area contributed by atoms with E-state index in [1.807, 2.05) is 23.7 Å². The minimum absolute atomic E-state index is 1.18. The molecule has 0 fully saturated rings. The van der Waals surface area contributed by atoms with Crippen molar-refractivity contribution in [3.8, 4) is 0 Å². The number of hydrogen-bond acceptors (Lipinski definition) is 3. The first kappa shape index (κ1) is 12.0. The van der Waals surface area contributed by atoms with Crippen molar-refractivity contribution in [2.75, 3.05) is 12.8 Å². The second-order valence-electron chi connectivity index (χ2n) is 4.33. The molecule has 0 aromatic heterocycles. The first-order chi connectivity index (χ1) is 8.83. The molecule has 0 bridgehead atoms. The molecule has 0 radical (unpaired) electrons. The normalized spacial score (nSPS) is 14.8. The van der Waals surface area contributed by atoms with Gasteiger partial charge in [-0.25, -0.2) is 0 Å². The first-order valence-corrected chi connectivity index (χ1v) is 7.86. The third-order valence-electron chi connectivity index (χ3n) is 3.06. The van der Waals surface area contributed by atoms with E-state index in [0.717, 1.165) is 0 Å². The molecule has 0 amide bonds. The van der Waals surface area contributed by atoms with E-state index >= 15 is 0 Å². The van der Waals surface area contributed by atoms with E-state index in [0.29, 0.717) is 0 Å². The average Bonchev–Trinajstić information content (AvgIpc) is 2.92. The molecular weight excluding hydrogens is 258 g/mol. The standard InChI is InChI=1S/C15H15NS2/c1-16(14-8-9-17-11-14)18-15-7-6-12-4-2-3-5-13(12)10-15/h2-7,10-11H,8-9H2,1H3. The molecule has 1 aliphatic rings. The molecule has 3 heteroatoms. The number of benzene rings is 2. The topological polar surface area (TPSA) is 3.24 Å². The van der Waals surface area contributed by atoms with E-state index in [2.05, 4.69) is 59.2 Å². The lowest BCUT2D eigenvalue weighted by molar-refractivity contribution is 0.676. The summed E-state index contributed by atoms with van der Waals surface area (Å²) in [5.41, 5.74) is 1.43. The Bertz CT molecular complexity index is 592. The Morgan fingerprint density at radius 3 is 2.72 bits per heavy atom. The Balaban J connectivity index is 1.82.